The first-order chi connectivity index (χ1) is 14.7. The standard InChI is InChI=1S/C27H39NO3/c1-17(2)20-15-19-11-12-23-26(3,13-8-14-27(23,4)25(29)30)22(19)16-21(20)24(28-31)18-9-6-5-7-10-18/h15-18,23,31H,5-14H2,1-4H3,(H,29,30)/t23-,26-,27-/m1/s1. The van der Waals surface area contributed by atoms with Gasteiger partial charge in [0, 0.05) is 11.5 Å². The first-order valence-corrected chi connectivity index (χ1v) is 12.4. The average Bonchev–Trinajstić information content (AvgIpc) is 2.74. The maximum Gasteiger partial charge on any atom is 0.309 e. The third-order valence-electron chi connectivity index (χ3n) is 9.01. The van der Waals surface area contributed by atoms with Crippen molar-refractivity contribution in [3.8, 4) is 0 Å². The van der Waals surface area contributed by atoms with Crippen LogP contribution in [-0.4, -0.2) is 22.0 Å². The first kappa shape index (κ1) is 22.4. The van der Waals surface area contributed by atoms with Gasteiger partial charge in [0.05, 0.1) is 11.1 Å². The van der Waals surface area contributed by atoms with Crippen LogP contribution in [0.2, 0.25) is 0 Å². The highest BCUT2D eigenvalue weighted by molar-refractivity contribution is 6.03. The summed E-state index contributed by atoms with van der Waals surface area (Å²) in [6.45, 7) is 8.70. The summed E-state index contributed by atoms with van der Waals surface area (Å²) in [6, 6.07) is 4.67. The smallest absolute Gasteiger partial charge is 0.309 e. The number of carboxylic acid groups (broad SMARTS) is 1. The van der Waals surface area contributed by atoms with Gasteiger partial charge in [0.25, 0.3) is 0 Å². The summed E-state index contributed by atoms with van der Waals surface area (Å²) < 4.78 is 0. The molecular formula is C27H39NO3. The molecule has 1 aromatic rings. The van der Waals surface area contributed by atoms with E-state index in [0.717, 1.165) is 56.2 Å². The number of aryl methyl sites for hydroxylation is 1. The zero-order valence-electron chi connectivity index (χ0n) is 19.7. The molecule has 0 aromatic heterocycles. The molecule has 0 spiro atoms. The maximum absolute atomic E-state index is 12.3. The number of hydrogen-bond donors (Lipinski definition) is 2. The lowest BCUT2D eigenvalue weighted by atomic mass is 9.49. The van der Waals surface area contributed by atoms with Gasteiger partial charge in [0.15, 0.2) is 0 Å². The molecular weight excluding hydrogens is 386 g/mol. The highest BCUT2D eigenvalue weighted by Gasteiger charge is 2.55. The van der Waals surface area contributed by atoms with Crippen LogP contribution < -0.4 is 0 Å². The first-order valence-electron chi connectivity index (χ1n) is 12.4. The molecule has 0 radical (unpaired) electrons. The van der Waals surface area contributed by atoms with Crippen molar-refractivity contribution in [3.63, 3.8) is 0 Å². The quantitative estimate of drug-likeness (QED) is 0.322. The second-order valence-corrected chi connectivity index (χ2v) is 11.2. The Labute approximate surface area is 187 Å². The Morgan fingerprint density at radius 2 is 1.77 bits per heavy atom. The summed E-state index contributed by atoms with van der Waals surface area (Å²) in [5.74, 6) is 0.158. The van der Waals surface area contributed by atoms with Crippen LogP contribution in [0.1, 0.15) is 114 Å². The molecule has 4 nitrogen and oxygen atoms in total. The van der Waals surface area contributed by atoms with Gasteiger partial charge < -0.3 is 10.3 Å². The van der Waals surface area contributed by atoms with Gasteiger partial charge in [0.2, 0.25) is 0 Å². The van der Waals surface area contributed by atoms with Gasteiger partial charge >= 0.3 is 5.97 Å². The second-order valence-electron chi connectivity index (χ2n) is 11.2. The van der Waals surface area contributed by atoms with Crippen molar-refractivity contribution in [2.75, 3.05) is 0 Å². The van der Waals surface area contributed by atoms with Crippen molar-refractivity contribution in [1.82, 2.24) is 0 Å². The van der Waals surface area contributed by atoms with Crippen molar-refractivity contribution in [3.05, 3.63) is 34.4 Å². The Kier molecular flexibility index (Phi) is 5.95. The molecule has 0 amide bonds. The van der Waals surface area contributed by atoms with E-state index in [4.69, 9.17) is 0 Å². The molecule has 4 rings (SSSR count). The summed E-state index contributed by atoms with van der Waals surface area (Å²) in [6.07, 6.45) is 10.5. The van der Waals surface area contributed by atoms with Crippen LogP contribution in [0.4, 0.5) is 0 Å². The molecule has 0 heterocycles. The van der Waals surface area contributed by atoms with E-state index in [1.807, 2.05) is 6.92 Å². The number of fused-ring (bicyclic) bond motifs is 3. The van der Waals surface area contributed by atoms with Crippen LogP contribution in [0, 0.1) is 17.3 Å². The minimum Gasteiger partial charge on any atom is -0.481 e. The number of rotatable bonds is 4. The van der Waals surface area contributed by atoms with Gasteiger partial charge in [-0.15, -0.1) is 0 Å². The molecule has 0 unspecified atom stereocenters. The van der Waals surface area contributed by atoms with Crippen molar-refractivity contribution < 1.29 is 15.1 Å². The fourth-order valence-electron chi connectivity index (χ4n) is 7.22. The van der Waals surface area contributed by atoms with Crippen LogP contribution in [0.3, 0.4) is 0 Å². The Balaban J connectivity index is 1.85. The third-order valence-corrected chi connectivity index (χ3v) is 9.01. The Morgan fingerprint density at radius 3 is 2.39 bits per heavy atom. The molecule has 31 heavy (non-hydrogen) atoms. The minimum absolute atomic E-state index is 0.140. The molecule has 2 N–H and O–H groups in total. The van der Waals surface area contributed by atoms with Crippen LogP contribution in [-0.2, 0) is 16.6 Å². The molecule has 0 aliphatic heterocycles. The molecule has 2 fully saturated rings. The normalized spacial score (nSPS) is 31.9. The molecule has 3 aliphatic carbocycles. The lowest BCUT2D eigenvalue weighted by molar-refractivity contribution is -0.157. The summed E-state index contributed by atoms with van der Waals surface area (Å²) in [4.78, 5) is 12.3. The Hall–Kier alpha value is -1.84. The predicted molar refractivity (Wildman–Crippen MR) is 124 cm³/mol. The molecule has 2 saturated carbocycles. The SMILES string of the molecule is CC(C)c1cc2c(cc1C(=NO)C1CCCCC1)[C@@]1(C)CCC[C@@](C)(C(=O)O)[C@@H]1CC2. The van der Waals surface area contributed by atoms with Crippen molar-refractivity contribution in [2.24, 2.45) is 22.4 Å². The Bertz CT molecular complexity index is 883. The molecule has 0 saturated heterocycles. The zero-order chi connectivity index (χ0) is 22.4. The highest BCUT2D eigenvalue weighted by atomic mass is 16.4. The van der Waals surface area contributed by atoms with Crippen molar-refractivity contribution >= 4 is 11.7 Å². The Morgan fingerprint density at radius 1 is 1.06 bits per heavy atom. The average molecular weight is 426 g/mol. The number of carboxylic acids is 1. The van der Waals surface area contributed by atoms with E-state index in [0.29, 0.717) is 11.8 Å². The highest BCUT2D eigenvalue weighted by Crippen LogP contribution is 2.57. The van der Waals surface area contributed by atoms with Gasteiger partial charge in [-0.05, 0) is 85.5 Å². The number of hydrogen-bond acceptors (Lipinski definition) is 3. The van der Waals surface area contributed by atoms with Crippen LogP contribution in [0.5, 0.6) is 0 Å². The lowest BCUT2D eigenvalue weighted by Crippen LogP contribution is -2.52. The molecule has 170 valence electrons. The zero-order valence-corrected chi connectivity index (χ0v) is 19.7. The van der Waals surface area contributed by atoms with E-state index in [1.54, 1.807) is 0 Å². The fourth-order valence-corrected chi connectivity index (χ4v) is 7.22. The number of aliphatic carboxylic acids is 1. The van der Waals surface area contributed by atoms with E-state index in [9.17, 15) is 15.1 Å². The number of carbonyl (C=O) groups is 1. The predicted octanol–water partition coefficient (Wildman–Crippen LogP) is 6.66. The summed E-state index contributed by atoms with van der Waals surface area (Å²) >= 11 is 0. The minimum atomic E-state index is -0.668. The third kappa shape index (κ3) is 3.60. The molecule has 1 aromatic carbocycles. The monoisotopic (exact) mass is 425 g/mol. The second kappa shape index (κ2) is 8.26. The van der Waals surface area contributed by atoms with E-state index >= 15 is 0 Å². The van der Waals surface area contributed by atoms with E-state index in [2.05, 4.69) is 38.1 Å². The summed E-state index contributed by atoms with van der Waals surface area (Å²) in [5.41, 5.74) is 5.11. The molecule has 0 bridgehead atoms. The van der Waals surface area contributed by atoms with Gasteiger partial charge in [-0.25, -0.2) is 0 Å². The van der Waals surface area contributed by atoms with Crippen molar-refractivity contribution in [1.29, 1.82) is 0 Å². The van der Waals surface area contributed by atoms with Gasteiger partial charge in [-0.2, -0.15) is 0 Å². The lowest BCUT2D eigenvalue weighted by Gasteiger charge is -2.54. The summed E-state index contributed by atoms with van der Waals surface area (Å²) in [5, 5.41) is 24.1. The van der Waals surface area contributed by atoms with E-state index in [-0.39, 0.29) is 11.3 Å². The van der Waals surface area contributed by atoms with Gasteiger partial charge in [0.1, 0.15) is 0 Å². The molecule has 3 aliphatic rings. The molecule has 3 atom stereocenters. The fraction of sp³-hybridized carbons (Fsp3) is 0.704. The van der Waals surface area contributed by atoms with E-state index in [1.165, 1.54) is 36.0 Å². The van der Waals surface area contributed by atoms with E-state index < -0.39 is 11.4 Å². The largest absolute Gasteiger partial charge is 0.481 e. The van der Waals surface area contributed by atoms with Crippen LogP contribution in [0.15, 0.2) is 17.3 Å². The molecule has 4 heteroatoms. The maximum atomic E-state index is 12.3. The van der Waals surface area contributed by atoms with Gasteiger partial charge in [-0.3, -0.25) is 4.79 Å². The number of oxime groups is 1. The van der Waals surface area contributed by atoms with Crippen LogP contribution in [0.25, 0.3) is 0 Å². The van der Waals surface area contributed by atoms with Crippen molar-refractivity contribution in [2.45, 2.75) is 103 Å². The van der Waals surface area contributed by atoms with Gasteiger partial charge in [-0.1, -0.05) is 57.7 Å². The van der Waals surface area contributed by atoms with Crippen LogP contribution >= 0.6 is 0 Å². The topological polar surface area (TPSA) is 69.9 Å². The number of benzene rings is 1. The summed E-state index contributed by atoms with van der Waals surface area (Å²) in [7, 11) is 0. The number of nitrogens with zero attached hydrogens (tertiary/aromatic N) is 1.